The quantitative estimate of drug-likeness (QED) is 0.0866. The summed E-state index contributed by atoms with van der Waals surface area (Å²) in [5.74, 6) is 1.12. The minimum Gasteiger partial charge on any atom is -0.507 e. The Labute approximate surface area is 733 Å². The summed E-state index contributed by atoms with van der Waals surface area (Å²) < 4.78 is 15.0. The molecular weight excluding hydrogens is 1620 g/mol. The second-order valence-corrected chi connectivity index (χ2v) is 45.7. The monoisotopic (exact) mass is 1740 g/mol. The zero-order valence-corrected chi connectivity index (χ0v) is 80.2. The molecule has 3 saturated carbocycles. The predicted molar refractivity (Wildman–Crippen MR) is 486 cm³/mol. The highest BCUT2D eigenvalue weighted by molar-refractivity contribution is 6.48. The SMILES string of the molecule is CC1=C(Cl)C(Cl)=C(C(=O)C(F)Cc2cc(C(C)(C)C)c(O)c(C(C)(C)C)c2)C1.CC1=C(Cl)C(Cl)=C(C(=O)C2(Cc3cc(C(C)(C)C)c(O)c(C(C)(C)C)c3)CC2)C1.CC1=C(Cl)C(Cl)=C(C(=O)C2(Cc3cc(C(C)(C)C)c(O)c(C(C)(C)C)c3)CCC2)C1.CC1=C(Cl)C(Cl)=C(C(=O)CC2(c3cc(C(C)(C)C)c(O)c(C(C)(C)C)c3)CC2)C1. The third-order valence-corrected chi connectivity index (χ3v) is 28.3. The lowest BCUT2D eigenvalue weighted by Gasteiger charge is -2.41. The van der Waals surface area contributed by atoms with Crippen LogP contribution >= 0.6 is 92.8 Å². The Balaban J connectivity index is 0.000000193. The molecule has 7 aliphatic rings. The Morgan fingerprint density at radius 2 is 0.586 bits per heavy atom. The van der Waals surface area contributed by atoms with Crippen molar-refractivity contribution in [3.63, 3.8) is 0 Å². The van der Waals surface area contributed by atoms with E-state index in [0.717, 1.165) is 128 Å². The molecule has 0 aromatic heterocycles. The number of halogens is 9. The van der Waals surface area contributed by atoms with Crippen LogP contribution in [-0.4, -0.2) is 49.7 Å². The first-order valence-corrected chi connectivity index (χ1v) is 44.0. The summed E-state index contributed by atoms with van der Waals surface area (Å²) in [6.07, 6.45) is 8.38. The summed E-state index contributed by atoms with van der Waals surface area (Å²) in [4.78, 5) is 52.8. The summed E-state index contributed by atoms with van der Waals surface area (Å²) >= 11 is 50.1. The fourth-order valence-corrected chi connectivity index (χ4v) is 18.4. The van der Waals surface area contributed by atoms with Crippen LogP contribution < -0.4 is 0 Å². The lowest BCUT2D eigenvalue weighted by molar-refractivity contribution is -0.129. The van der Waals surface area contributed by atoms with Crippen LogP contribution in [0.15, 0.2) is 133 Å². The van der Waals surface area contributed by atoms with Crippen molar-refractivity contribution < 1.29 is 44.0 Å². The molecule has 0 bridgehead atoms. The summed E-state index contributed by atoms with van der Waals surface area (Å²) in [6, 6.07) is 16.2. The molecule has 3 fully saturated rings. The molecule has 4 aromatic rings. The Hall–Kier alpha value is -5.07. The maximum atomic E-state index is 15.0. The summed E-state index contributed by atoms with van der Waals surface area (Å²) in [7, 11) is 0. The number of aromatic hydroxyl groups is 4. The third-order valence-electron chi connectivity index (χ3n) is 24.2. The molecule has 11 rings (SSSR count). The van der Waals surface area contributed by atoms with Gasteiger partial charge in [0, 0.05) is 57.8 Å². The van der Waals surface area contributed by atoms with E-state index in [9.17, 15) is 44.0 Å². The first-order valence-electron chi connectivity index (χ1n) is 40.9. The Morgan fingerprint density at radius 3 is 0.810 bits per heavy atom. The number of alkyl halides is 1. The van der Waals surface area contributed by atoms with Gasteiger partial charge in [0.2, 0.25) is 0 Å². The third kappa shape index (κ3) is 21.0. The molecule has 0 radical (unpaired) electrons. The lowest BCUT2D eigenvalue weighted by Crippen LogP contribution is -2.41. The number of carbonyl (C=O) groups excluding carboxylic acids is 4. The first kappa shape index (κ1) is 96.4. The number of phenolic OH excluding ortho intramolecular Hbond substituents is 4. The van der Waals surface area contributed by atoms with Crippen molar-refractivity contribution in [3.8, 4) is 23.0 Å². The second kappa shape index (κ2) is 34.3. The molecule has 0 spiro atoms. The first-order chi connectivity index (χ1) is 52.7. The highest BCUT2D eigenvalue weighted by atomic mass is 35.5. The van der Waals surface area contributed by atoms with Crippen molar-refractivity contribution in [2.24, 2.45) is 10.8 Å². The number of hydrogen-bond acceptors (Lipinski definition) is 8. The van der Waals surface area contributed by atoms with Crippen molar-refractivity contribution in [1.29, 1.82) is 0 Å². The van der Waals surface area contributed by atoms with Gasteiger partial charge in [-0.1, -0.05) is 314 Å². The number of rotatable bonds is 16. The van der Waals surface area contributed by atoms with Gasteiger partial charge in [-0.05, 0) is 231 Å². The Morgan fingerprint density at radius 1 is 0.345 bits per heavy atom. The van der Waals surface area contributed by atoms with Crippen LogP contribution in [0.2, 0.25) is 0 Å². The number of benzene rings is 4. The van der Waals surface area contributed by atoms with E-state index in [1.807, 2.05) is 62.3 Å². The van der Waals surface area contributed by atoms with Gasteiger partial charge >= 0.3 is 0 Å². The Kier molecular flexibility index (Phi) is 28.5. The topological polar surface area (TPSA) is 149 Å². The maximum absolute atomic E-state index is 15.0. The molecule has 0 amide bonds. The van der Waals surface area contributed by atoms with E-state index in [1.54, 1.807) is 19.1 Å². The standard InChI is InChI=1S/C26H34Cl2O2.2C25H32Cl2O2.C23H29Cl2FO2/c1-15-11-17(21(28)20(15)27)23(30)26(9-8-10-26)14-16-12-18(24(2,3)4)22(29)19(13-16)25(5,6)7;1-14-10-16(21(27)20(14)26)19(28)13-25(8-9-25)15-11-17(23(2,3)4)22(29)18(12-15)24(5,6)7;1-14-10-16(20(27)19(14)26)22(29)25(8-9-25)13-15-11-17(23(2,3)4)21(28)18(12-15)24(5,6)7;1-12-8-14(19(25)18(12)24)20(27)17(26)11-13-9-15(22(2,3)4)21(28)16(10-13)23(5,6)7/h12-13,29H,8-11,14H2,1-7H3;11-12,29H,8-10,13H2,1-7H3;11-12,28H,8-10,13H2,1-7H3;9-10,17,28H,8,11H2,1-7H3. The van der Waals surface area contributed by atoms with E-state index >= 15 is 0 Å². The minimum atomic E-state index is -1.72. The van der Waals surface area contributed by atoms with E-state index in [1.165, 1.54) is 0 Å². The van der Waals surface area contributed by atoms with Crippen molar-refractivity contribution in [2.75, 3.05) is 0 Å². The van der Waals surface area contributed by atoms with Crippen LogP contribution in [0, 0.1) is 10.8 Å². The smallest absolute Gasteiger partial charge is 0.195 e. The van der Waals surface area contributed by atoms with Gasteiger partial charge in [-0.15, -0.1) is 0 Å². The normalized spacial score (nSPS) is 18.7. The van der Waals surface area contributed by atoms with E-state index < -0.39 is 22.8 Å². The van der Waals surface area contributed by atoms with Crippen LogP contribution in [-0.2, 0) is 87.2 Å². The van der Waals surface area contributed by atoms with Crippen molar-refractivity contribution >= 4 is 116 Å². The van der Waals surface area contributed by atoms with Gasteiger partial charge in [-0.3, -0.25) is 19.2 Å². The van der Waals surface area contributed by atoms with Crippen LogP contribution in [0.1, 0.15) is 338 Å². The molecule has 4 aromatic carbocycles. The van der Waals surface area contributed by atoms with Crippen molar-refractivity contribution in [2.45, 2.75) is 345 Å². The second-order valence-electron chi connectivity index (χ2n) is 42.6. The predicted octanol–water partition coefficient (Wildman–Crippen LogP) is 29.2. The molecule has 8 nitrogen and oxygen atoms in total. The van der Waals surface area contributed by atoms with E-state index in [-0.39, 0.29) is 95.3 Å². The average Bonchev–Trinajstić information content (AvgIpc) is 1.40. The molecular formula is C99H127Cl8FO8. The fraction of sp³-hybridized carbons (Fsp3) is 0.556. The highest BCUT2D eigenvalue weighted by Gasteiger charge is 2.53. The molecule has 1 unspecified atom stereocenters. The largest absolute Gasteiger partial charge is 0.507 e. The molecule has 4 N–H and O–H groups in total. The van der Waals surface area contributed by atoms with Gasteiger partial charge < -0.3 is 20.4 Å². The van der Waals surface area contributed by atoms with Gasteiger partial charge in [0.1, 0.15) is 23.0 Å². The molecule has 17 heteroatoms. The molecule has 7 aliphatic carbocycles. The van der Waals surface area contributed by atoms with Crippen LogP contribution in [0.5, 0.6) is 23.0 Å². The highest BCUT2D eigenvalue weighted by Crippen LogP contribution is 2.58. The van der Waals surface area contributed by atoms with Crippen LogP contribution in [0.4, 0.5) is 4.39 Å². The van der Waals surface area contributed by atoms with Gasteiger partial charge in [-0.2, -0.15) is 0 Å². The number of hydrogen-bond donors (Lipinski definition) is 4. The maximum Gasteiger partial charge on any atom is 0.195 e. The van der Waals surface area contributed by atoms with Crippen molar-refractivity contribution in [1.82, 2.24) is 0 Å². The van der Waals surface area contributed by atoms with Crippen LogP contribution in [0.25, 0.3) is 0 Å². The summed E-state index contributed by atoms with van der Waals surface area (Å²) in [6.45, 7) is 57.5. The summed E-state index contributed by atoms with van der Waals surface area (Å²) in [5.41, 5.74) is 14.3. The zero-order valence-electron chi connectivity index (χ0n) is 74.1. The molecule has 1 atom stereocenters. The number of carbonyl (C=O) groups is 4. The average molecular weight is 1750 g/mol. The van der Waals surface area contributed by atoms with E-state index in [4.69, 9.17) is 92.8 Å². The molecule has 0 aliphatic heterocycles. The molecule has 0 heterocycles. The van der Waals surface area contributed by atoms with E-state index in [2.05, 4.69) is 161 Å². The minimum absolute atomic E-state index is 0.0738. The Bertz CT molecular complexity index is 4770. The van der Waals surface area contributed by atoms with Gasteiger partial charge in [-0.25, -0.2) is 4.39 Å². The zero-order chi connectivity index (χ0) is 88.1. The number of ketones is 4. The van der Waals surface area contributed by atoms with E-state index in [0.29, 0.717) is 113 Å². The number of Topliss-reactive ketones (excluding diaryl/α,β-unsaturated/α-hetero) is 4. The van der Waals surface area contributed by atoms with Gasteiger partial charge in [0.15, 0.2) is 29.3 Å². The lowest BCUT2D eigenvalue weighted by atomic mass is 9.61. The summed E-state index contributed by atoms with van der Waals surface area (Å²) in [5, 5.41) is 47.1. The fourth-order valence-electron chi connectivity index (χ4n) is 16.4. The van der Waals surface area contributed by atoms with Gasteiger partial charge in [0.25, 0.3) is 0 Å². The van der Waals surface area contributed by atoms with Gasteiger partial charge in [0.05, 0.1) is 40.3 Å². The number of phenols is 4. The molecule has 0 saturated heterocycles. The molecule has 634 valence electrons. The molecule has 116 heavy (non-hydrogen) atoms. The number of allylic oxidation sites excluding steroid dienone is 16. The van der Waals surface area contributed by atoms with Crippen LogP contribution in [0.3, 0.4) is 0 Å². The van der Waals surface area contributed by atoms with Crippen molar-refractivity contribution in [3.05, 3.63) is 200 Å².